The fraction of sp³-hybridized carbons (Fsp3) is 0.278. The summed E-state index contributed by atoms with van der Waals surface area (Å²) in [5, 5.41) is 0.661. The predicted octanol–water partition coefficient (Wildman–Crippen LogP) is 3.09. The number of aromatic amines is 2. The van der Waals surface area contributed by atoms with Crippen molar-refractivity contribution < 1.29 is 8.42 Å². The van der Waals surface area contributed by atoms with Gasteiger partial charge in [0.2, 0.25) is 10.0 Å². The second-order valence-corrected chi connectivity index (χ2v) is 9.93. The molecular weight excluding hydrogens is 468 g/mol. The van der Waals surface area contributed by atoms with Crippen molar-refractivity contribution in [2.45, 2.75) is 11.8 Å². The lowest BCUT2D eigenvalue weighted by Crippen LogP contribution is -2.48. The predicted molar refractivity (Wildman–Crippen MR) is 114 cm³/mol. The number of nitrogens with one attached hydrogen (secondary N) is 2. The molecule has 0 atom stereocenters. The molecule has 1 aliphatic heterocycles. The van der Waals surface area contributed by atoms with Crippen molar-refractivity contribution in [3.63, 3.8) is 0 Å². The molecule has 0 radical (unpaired) electrons. The van der Waals surface area contributed by atoms with Crippen LogP contribution < -0.4 is 10.6 Å². The van der Waals surface area contributed by atoms with Crippen LogP contribution in [0.4, 0.5) is 5.69 Å². The summed E-state index contributed by atoms with van der Waals surface area (Å²) in [5.74, 6) is 0. The molecule has 0 amide bonds. The Hall–Kier alpha value is -1.81. The van der Waals surface area contributed by atoms with Gasteiger partial charge in [0.15, 0.2) is 0 Å². The molecule has 2 N–H and O–H groups in total. The second kappa shape index (κ2) is 7.22. The molecule has 2 aromatic carbocycles. The first-order valence-corrected chi connectivity index (χ1v) is 11.3. The van der Waals surface area contributed by atoms with Gasteiger partial charge in [-0.1, -0.05) is 17.7 Å². The summed E-state index contributed by atoms with van der Waals surface area (Å²) in [6.45, 7) is 3.88. The molecule has 28 heavy (non-hydrogen) atoms. The highest BCUT2D eigenvalue weighted by molar-refractivity contribution is 9.10. The normalized spacial score (nSPS) is 16.0. The fourth-order valence-electron chi connectivity index (χ4n) is 3.47. The Morgan fingerprint density at radius 2 is 1.68 bits per heavy atom. The summed E-state index contributed by atoms with van der Waals surface area (Å²) < 4.78 is 28.2. The summed E-state index contributed by atoms with van der Waals surface area (Å²) >= 11 is 9.45. The zero-order valence-electron chi connectivity index (χ0n) is 15.0. The van der Waals surface area contributed by atoms with Gasteiger partial charge < -0.3 is 14.9 Å². The highest BCUT2D eigenvalue weighted by atomic mass is 79.9. The molecule has 0 aliphatic carbocycles. The summed E-state index contributed by atoms with van der Waals surface area (Å²) in [6, 6.07) is 8.81. The first-order chi connectivity index (χ1) is 13.3. The van der Waals surface area contributed by atoms with Gasteiger partial charge in [-0.25, -0.2) is 13.2 Å². The number of benzene rings is 2. The molecule has 1 aromatic heterocycles. The molecule has 0 bridgehead atoms. The molecule has 0 spiro atoms. The third kappa shape index (κ3) is 3.47. The van der Waals surface area contributed by atoms with E-state index >= 15 is 0 Å². The topological polar surface area (TPSA) is 89.3 Å². The van der Waals surface area contributed by atoms with Gasteiger partial charge in [0.05, 0.1) is 15.9 Å². The molecule has 7 nitrogen and oxygen atoms in total. The number of imidazole rings is 1. The average Bonchev–Trinajstić information content (AvgIpc) is 3.02. The van der Waals surface area contributed by atoms with E-state index in [4.69, 9.17) is 11.6 Å². The summed E-state index contributed by atoms with van der Waals surface area (Å²) in [7, 11) is -3.70. The van der Waals surface area contributed by atoms with Gasteiger partial charge in [0.25, 0.3) is 0 Å². The van der Waals surface area contributed by atoms with Crippen LogP contribution in [0.3, 0.4) is 0 Å². The highest BCUT2D eigenvalue weighted by Crippen LogP contribution is 2.30. The van der Waals surface area contributed by atoms with Crippen molar-refractivity contribution >= 4 is 54.3 Å². The Morgan fingerprint density at radius 1 is 1.04 bits per heavy atom. The molecular formula is C18H18BrClN4O3S. The van der Waals surface area contributed by atoms with E-state index in [0.717, 1.165) is 11.3 Å². The van der Waals surface area contributed by atoms with Crippen LogP contribution in [0, 0.1) is 6.92 Å². The average molecular weight is 486 g/mol. The number of sulfonamides is 1. The van der Waals surface area contributed by atoms with Crippen LogP contribution in [-0.4, -0.2) is 48.9 Å². The van der Waals surface area contributed by atoms with Crippen LogP contribution in [0.1, 0.15) is 5.56 Å². The van der Waals surface area contributed by atoms with Gasteiger partial charge in [-0.3, -0.25) is 0 Å². The van der Waals surface area contributed by atoms with Gasteiger partial charge in [-0.2, -0.15) is 4.31 Å². The number of aryl methyl sites for hydroxylation is 1. The SMILES string of the molecule is Cc1ccc(Cl)cc1N1CCN(S(=O)(=O)c2cc3[nH]c(=O)[nH]c3cc2Br)CC1. The monoisotopic (exact) mass is 484 g/mol. The zero-order valence-corrected chi connectivity index (χ0v) is 18.2. The van der Waals surface area contributed by atoms with Crippen molar-refractivity contribution in [3.8, 4) is 0 Å². The van der Waals surface area contributed by atoms with Crippen LogP contribution in [0.25, 0.3) is 11.0 Å². The molecule has 2 heterocycles. The lowest BCUT2D eigenvalue weighted by Gasteiger charge is -2.36. The van der Waals surface area contributed by atoms with E-state index in [2.05, 4.69) is 30.8 Å². The lowest BCUT2D eigenvalue weighted by molar-refractivity contribution is 0.384. The number of anilines is 1. The quantitative estimate of drug-likeness (QED) is 0.597. The standard InChI is InChI=1S/C18H18BrClN4O3S/c1-11-2-3-12(20)8-16(11)23-4-6-24(7-5-23)28(26,27)17-10-15-14(9-13(17)19)21-18(25)22-15/h2-3,8-10H,4-7H2,1H3,(H2,21,22,25). The Bertz CT molecular complexity index is 1210. The summed E-state index contributed by atoms with van der Waals surface area (Å²) in [4.78, 5) is 19.0. The summed E-state index contributed by atoms with van der Waals surface area (Å²) in [6.07, 6.45) is 0. The maximum Gasteiger partial charge on any atom is 0.323 e. The van der Waals surface area contributed by atoms with Gasteiger partial charge in [0, 0.05) is 41.4 Å². The van der Waals surface area contributed by atoms with Crippen LogP contribution in [0.5, 0.6) is 0 Å². The van der Waals surface area contributed by atoms with Crippen LogP contribution in [-0.2, 0) is 10.0 Å². The van der Waals surface area contributed by atoms with E-state index in [9.17, 15) is 13.2 Å². The second-order valence-electron chi connectivity index (χ2n) is 6.73. The molecule has 0 unspecified atom stereocenters. The van der Waals surface area contributed by atoms with Crippen molar-refractivity contribution in [3.05, 3.63) is 55.9 Å². The number of piperazine rings is 1. The van der Waals surface area contributed by atoms with Crippen LogP contribution >= 0.6 is 27.5 Å². The highest BCUT2D eigenvalue weighted by Gasteiger charge is 2.31. The van der Waals surface area contributed by atoms with Gasteiger partial charge in [0.1, 0.15) is 0 Å². The van der Waals surface area contributed by atoms with Crippen LogP contribution in [0.15, 0.2) is 44.5 Å². The van der Waals surface area contributed by atoms with E-state index in [-0.39, 0.29) is 10.6 Å². The largest absolute Gasteiger partial charge is 0.369 e. The van der Waals surface area contributed by atoms with Gasteiger partial charge in [-0.15, -0.1) is 0 Å². The number of aromatic nitrogens is 2. The Kier molecular flexibility index (Phi) is 5.03. The number of rotatable bonds is 3. The van der Waals surface area contributed by atoms with Crippen molar-refractivity contribution in [2.75, 3.05) is 31.1 Å². The minimum atomic E-state index is -3.70. The van der Waals surface area contributed by atoms with Gasteiger partial charge >= 0.3 is 5.69 Å². The fourth-order valence-corrected chi connectivity index (χ4v) is 6.08. The third-order valence-electron chi connectivity index (χ3n) is 4.94. The molecule has 1 aliphatic rings. The van der Waals surface area contributed by atoms with E-state index in [1.807, 2.05) is 25.1 Å². The minimum Gasteiger partial charge on any atom is -0.369 e. The smallest absolute Gasteiger partial charge is 0.323 e. The molecule has 1 saturated heterocycles. The van der Waals surface area contributed by atoms with E-state index in [0.29, 0.717) is 46.7 Å². The number of nitrogens with zero attached hydrogens (tertiary/aromatic N) is 2. The van der Waals surface area contributed by atoms with Crippen molar-refractivity contribution in [1.82, 2.24) is 14.3 Å². The number of halogens is 2. The van der Waals surface area contributed by atoms with E-state index < -0.39 is 10.0 Å². The number of hydrogen-bond acceptors (Lipinski definition) is 4. The summed E-state index contributed by atoms with van der Waals surface area (Å²) in [5.41, 5.74) is 2.77. The first-order valence-electron chi connectivity index (χ1n) is 8.68. The zero-order chi connectivity index (χ0) is 20.1. The number of fused-ring (bicyclic) bond motifs is 1. The molecule has 1 fully saturated rings. The molecule has 0 saturated carbocycles. The van der Waals surface area contributed by atoms with Crippen molar-refractivity contribution in [2.24, 2.45) is 0 Å². The number of hydrogen-bond donors (Lipinski definition) is 2. The maximum atomic E-state index is 13.2. The van der Waals surface area contributed by atoms with Crippen molar-refractivity contribution in [1.29, 1.82) is 0 Å². The third-order valence-corrected chi connectivity index (χ3v) is 8.03. The van der Waals surface area contributed by atoms with E-state index in [1.165, 1.54) is 10.4 Å². The minimum absolute atomic E-state index is 0.141. The Labute approximate surface area is 175 Å². The lowest BCUT2D eigenvalue weighted by atomic mass is 10.1. The number of H-pyrrole nitrogens is 2. The first kappa shape index (κ1) is 19.5. The van der Waals surface area contributed by atoms with Crippen LogP contribution in [0.2, 0.25) is 5.02 Å². The molecule has 10 heteroatoms. The Morgan fingerprint density at radius 3 is 2.36 bits per heavy atom. The van der Waals surface area contributed by atoms with E-state index in [1.54, 1.807) is 6.07 Å². The van der Waals surface area contributed by atoms with Gasteiger partial charge in [-0.05, 0) is 52.7 Å². The molecule has 4 rings (SSSR count). The Balaban J connectivity index is 1.59. The molecule has 3 aromatic rings. The maximum absolute atomic E-state index is 13.2. The molecule has 148 valence electrons.